The van der Waals surface area contributed by atoms with Crippen molar-refractivity contribution in [2.75, 3.05) is 5.75 Å². The summed E-state index contributed by atoms with van der Waals surface area (Å²) in [6, 6.07) is 3.81. The van der Waals surface area contributed by atoms with Gasteiger partial charge in [-0.1, -0.05) is 11.8 Å². The largest absolute Gasteiger partial charge is 0.357 e. The molecule has 2 rings (SSSR count). The average Bonchev–Trinajstić information content (AvgIpc) is 2.81. The van der Waals surface area contributed by atoms with Gasteiger partial charge in [0.2, 0.25) is 0 Å². The summed E-state index contributed by atoms with van der Waals surface area (Å²) in [4.78, 5) is 20.2. The first-order chi connectivity index (χ1) is 10.0. The van der Waals surface area contributed by atoms with Gasteiger partial charge in [-0.25, -0.2) is 15.4 Å². The van der Waals surface area contributed by atoms with E-state index in [0.29, 0.717) is 5.16 Å². The molecule has 2 aromatic heterocycles. The van der Waals surface area contributed by atoms with Crippen LogP contribution in [-0.2, 0) is 11.8 Å². The van der Waals surface area contributed by atoms with Crippen molar-refractivity contribution in [1.82, 2.24) is 20.0 Å². The average molecular weight is 303 g/mol. The highest BCUT2D eigenvalue weighted by atomic mass is 32.2. The Balaban J connectivity index is 1.80. The molecule has 0 aliphatic carbocycles. The molecule has 0 saturated carbocycles. The Morgan fingerprint density at radius 1 is 1.43 bits per heavy atom. The van der Waals surface area contributed by atoms with Crippen molar-refractivity contribution in [2.45, 2.75) is 19.0 Å². The number of aromatic nitrogens is 3. The smallest absolute Gasteiger partial charge is 0.250 e. The summed E-state index contributed by atoms with van der Waals surface area (Å²) < 4.78 is 1.91. The van der Waals surface area contributed by atoms with E-state index in [9.17, 15) is 4.79 Å². The van der Waals surface area contributed by atoms with Crippen LogP contribution in [0.4, 0.5) is 0 Å². The van der Waals surface area contributed by atoms with Gasteiger partial charge in [0.25, 0.3) is 5.91 Å². The number of carbonyl (C=O) groups excluding carboxylic acids is 1. The second-order valence-electron chi connectivity index (χ2n) is 4.63. The number of aryl methyl sites for hydroxylation is 3. The van der Waals surface area contributed by atoms with Crippen LogP contribution in [0, 0.1) is 13.8 Å². The molecule has 2 heterocycles. The third kappa shape index (κ3) is 5.03. The molecule has 21 heavy (non-hydrogen) atoms. The summed E-state index contributed by atoms with van der Waals surface area (Å²) in [6.45, 7) is 3.81. The molecule has 6 nitrogen and oxygen atoms in total. The minimum Gasteiger partial charge on any atom is -0.357 e. The molecule has 7 heteroatoms. The Morgan fingerprint density at radius 2 is 2.14 bits per heavy atom. The summed E-state index contributed by atoms with van der Waals surface area (Å²) in [5.41, 5.74) is 5.21. The fraction of sp³-hybridized carbons (Fsp3) is 0.286. The second kappa shape index (κ2) is 7.03. The van der Waals surface area contributed by atoms with Gasteiger partial charge in [-0.15, -0.1) is 0 Å². The summed E-state index contributed by atoms with van der Waals surface area (Å²) >= 11 is 1.29. The van der Waals surface area contributed by atoms with E-state index in [-0.39, 0.29) is 11.7 Å². The van der Waals surface area contributed by atoms with Crippen molar-refractivity contribution < 1.29 is 4.79 Å². The lowest BCUT2D eigenvalue weighted by Crippen LogP contribution is -2.19. The molecule has 0 fully saturated rings. The fourth-order valence-electron chi connectivity index (χ4n) is 1.70. The molecule has 0 aliphatic heterocycles. The molecule has 0 bridgehead atoms. The first-order valence-corrected chi connectivity index (χ1v) is 7.40. The van der Waals surface area contributed by atoms with Crippen LogP contribution in [0.1, 0.15) is 17.0 Å². The first kappa shape index (κ1) is 15.2. The van der Waals surface area contributed by atoms with Crippen LogP contribution >= 0.6 is 11.8 Å². The third-order valence-electron chi connectivity index (χ3n) is 2.55. The zero-order valence-electron chi connectivity index (χ0n) is 12.2. The predicted molar refractivity (Wildman–Crippen MR) is 83.4 cm³/mol. The Bertz CT molecular complexity index is 645. The molecule has 0 aromatic carbocycles. The van der Waals surface area contributed by atoms with Gasteiger partial charge in [-0.05, 0) is 26.0 Å². The summed E-state index contributed by atoms with van der Waals surface area (Å²) in [7, 11) is 1.93. The molecule has 0 unspecified atom stereocenters. The Hall–Kier alpha value is -2.15. The van der Waals surface area contributed by atoms with Gasteiger partial charge < -0.3 is 4.57 Å². The van der Waals surface area contributed by atoms with E-state index in [1.807, 2.05) is 50.0 Å². The maximum atomic E-state index is 11.7. The van der Waals surface area contributed by atoms with Gasteiger partial charge >= 0.3 is 0 Å². The van der Waals surface area contributed by atoms with E-state index in [0.717, 1.165) is 17.0 Å². The van der Waals surface area contributed by atoms with Crippen LogP contribution in [0.5, 0.6) is 0 Å². The first-order valence-electron chi connectivity index (χ1n) is 6.42. The lowest BCUT2D eigenvalue weighted by molar-refractivity contribution is -0.118. The monoisotopic (exact) mass is 303 g/mol. The fourth-order valence-corrected chi connectivity index (χ4v) is 2.44. The minimum absolute atomic E-state index is 0.185. The zero-order valence-corrected chi connectivity index (χ0v) is 13.0. The van der Waals surface area contributed by atoms with E-state index in [2.05, 4.69) is 20.5 Å². The van der Waals surface area contributed by atoms with Crippen LogP contribution in [-0.4, -0.2) is 32.4 Å². The van der Waals surface area contributed by atoms with Crippen LogP contribution < -0.4 is 5.43 Å². The highest BCUT2D eigenvalue weighted by Gasteiger charge is 2.05. The SMILES string of the molecule is Cc1cc(C)nc(SCC(=O)N/N=C\c2ccn(C)c2)n1. The van der Waals surface area contributed by atoms with Gasteiger partial charge in [-0.2, -0.15) is 5.10 Å². The van der Waals surface area contributed by atoms with Crippen LogP contribution in [0.25, 0.3) is 0 Å². The van der Waals surface area contributed by atoms with Crippen molar-refractivity contribution in [3.8, 4) is 0 Å². The van der Waals surface area contributed by atoms with E-state index in [1.165, 1.54) is 11.8 Å². The molecular weight excluding hydrogens is 286 g/mol. The van der Waals surface area contributed by atoms with E-state index >= 15 is 0 Å². The number of thioether (sulfide) groups is 1. The molecule has 0 spiro atoms. The second-order valence-corrected chi connectivity index (χ2v) is 5.57. The van der Waals surface area contributed by atoms with Gasteiger partial charge in [0.05, 0.1) is 12.0 Å². The molecule has 1 N–H and O–H groups in total. The van der Waals surface area contributed by atoms with E-state index in [1.54, 1.807) is 6.21 Å². The molecular formula is C14H17N5OS. The van der Waals surface area contributed by atoms with Crippen molar-refractivity contribution in [3.05, 3.63) is 41.5 Å². The number of amides is 1. The van der Waals surface area contributed by atoms with Crippen LogP contribution in [0.15, 0.2) is 34.8 Å². The molecule has 0 radical (unpaired) electrons. The maximum absolute atomic E-state index is 11.7. The van der Waals surface area contributed by atoms with Gasteiger partial charge in [0.1, 0.15) is 0 Å². The van der Waals surface area contributed by atoms with E-state index < -0.39 is 0 Å². The van der Waals surface area contributed by atoms with Crippen molar-refractivity contribution in [3.63, 3.8) is 0 Å². The number of nitrogens with zero attached hydrogens (tertiary/aromatic N) is 4. The standard InChI is InChI=1S/C14H17N5OS/c1-10-6-11(2)17-14(16-10)21-9-13(20)18-15-7-12-4-5-19(3)8-12/h4-8H,9H2,1-3H3,(H,18,20)/b15-7-. The van der Waals surface area contributed by atoms with E-state index in [4.69, 9.17) is 0 Å². The quantitative estimate of drug-likeness (QED) is 0.395. The number of hydrazone groups is 1. The summed E-state index contributed by atoms with van der Waals surface area (Å²) in [5, 5.41) is 4.52. The number of carbonyl (C=O) groups is 1. The molecule has 1 amide bonds. The Labute approximate surface area is 127 Å². The molecule has 0 saturated heterocycles. The number of nitrogens with one attached hydrogen (secondary N) is 1. The topological polar surface area (TPSA) is 72.2 Å². The number of rotatable bonds is 5. The predicted octanol–water partition coefficient (Wildman–Crippen LogP) is 1.67. The number of hydrogen-bond donors (Lipinski definition) is 1. The van der Waals surface area contributed by atoms with Crippen molar-refractivity contribution >= 4 is 23.9 Å². The minimum atomic E-state index is -0.185. The lowest BCUT2D eigenvalue weighted by Gasteiger charge is -2.02. The summed E-state index contributed by atoms with van der Waals surface area (Å²) in [5.74, 6) is 0.0459. The third-order valence-corrected chi connectivity index (χ3v) is 3.40. The molecule has 0 atom stereocenters. The molecule has 110 valence electrons. The zero-order chi connectivity index (χ0) is 15.2. The van der Waals surface area contributed by atoms with Crippen LogP contribution in [0.3, 0.4) is 0 Å². The van der Waals surface area contributed by atoms with Crippen LogP contribution in [0.2, 0.25) is 0 Å². The number of hydrogen-bond acceptors (Lipinski definition) is 5. The maximum Gasteiger partial charge on any atom is 0.250 e. The van der Waals surface area contributed by atoms with Crippen molar-refractivity contribution in [1.29, 1.82) is 0 Å². The summed E-state index contributed by atoms with van der Waals surface area (Å²) in [6.07, 6.45) is 5.43. The molecule has 0 aliphatic rings. The Kier molecular flexibility index (Phi) is 5.10. The lowest BCUT2D eigenvalue weighted by atomic mass is 10.4. The van der Waals surface area contributed by atoms with Gasteiger partial charge in [0, 0.05) is 36.4 Å². The van der Waals surface area contributed by atoms with Crippen molar-refractivity contribution in [2.24, 2.45) is 12.1 Å². The highest BCUT2D eigenvalue weighted by molar-refractivity contribution is 7.99. The normalized spacial score (nSPS) is 11.0. The van der Waals surface area contributed by atoms with Gasteiger partial charge in [-0.3, -0.25) is 4.79 Å². The van der Waals surface area contributed by atoms with Gasteiger partial charge in [0.15, 0.2) is 5.16 Å². The Morgan fingerprint density at radius 3 is 2.76 bits per heavy atom. The highest BCUT2D eigenvalue weighted by Crippen LogP contribution is 2.13. The molecule has 2 aromatic rings.